The van der Waals surface area contributed by atoms with E-state index in [4.69, 9.17) is 11.5 Å². The third kappa shape index (κ3) is 5.10. The van der Waals surface area contributed by atoms with Crippen LogP contribution in [-0.4, -0.2) is 18.6 Å². The van der Waals surface area contributed by atoms with E-state index in [1.54, 1.807) is 0 Å². The molecule has 4 nitrogen and oxygen atoms in total. The monoisotopic (exact) mass is 131 g/mol. The molecule has 0 radical (unpaired) electrons. The first-order valence-corrected chi connectivity index (χ1v) is 2.95. The number of carbonyl (C=O) groups excluding carboxylic acids is 1. The minimum absolute atomic E-state index is 0.0255. The summed E-state index contributed by atoms with van der Waals surface area (Å²) in [5.41, 5.74) is 10.2. The van der Waals surface area contributed by atoms with Crippen molar-refractivity contribution < 1.29 is 4.79 Å². The van der Waals surface area contributed by atoms with Crippen LogP contribution in [0.5, 0.6) is 0 Å². The molecule has 0 rings (SSSR count). The first-order chi connectivity index (χ1) is 4.16. The highest BCUT2D eigenvalue weighted by atomic mass is 16.2. The summed E-state index contributed by atoms with van der Waals surface area (Å²) in [4.78, 5) is 10.1. The van der Waals surface area contributed by atoms with Crippen LogP contribution >= 0.6 is 0 Å². The van der Waals surface area contributed by atoms with E-state index < -0.39 is 6.03 Å². The van der Waals surface area contributed by atoms with Gasteiger partial charge in [-0.15, -0.1) is 0 Å². The summed E-state index contributed by atoms with van der Waals surface area (Å²) in [6, 6.07) is -0.489. The fourth-order valence-corrected chi connectivity index (χ4v) is 0.376. The van der Waals surface area contributed by atoms with Gasteiger partial charge >= 0.3 is 6.03 Å². The molecule has 0 fully saturated rings. The van der Waals surface area contributed by atoms with Crippen LogP contribution in [0.4, 0.5) is 4.79 Å². The smallest absolute Gasteiger partial charge is 0.312 e. The van der Waals surface area contributed by atoms with Crippen LogP contribution in [0, 0.1) is 0 Å². The second-order valence-electron chi connectivity index (χ2n) is 1.91. The molecular weight excluding hydrogens is 118 g/mol. The number of hydrogen-bond donors (Lipinski definition) is 3. The topological polar surface area (TPSA) is 81.1 Å². The first-order valence-electron chi connectivity index (χ1n) is 2.95. The molecule has 1 atom stereocenters. The summed E-state index contributed by atoms with van der Waals surface area (Å²) < 4.78 is 0. The Balaban J connectivity index is 3.16. The van der Waals surface area contributed by atoms with Gasteiger partial charge in [0, 0.05) is 12.6 Å². The van der Waals surface area contributed by atoms with E-state index in [-0.39, 0.29) is 6.04 Å². The van der Waals surface area contributed by atoms with E-state index in [1.807, 2.05) is 6.92 Å². The molecule has 0 aromatic heterocycles. The number of rotatable bonds is 3. The zero-order valence-corrected chi connectivity index (χ0v) is 5.55. The number of nitrogens with two attached hydrogens (primary N) is 2. The van der Waals surface area contributed by atoms with E-state index in [1.165, 1.54) is 0 Å². The molecule has 0 aliphatic rings. The molecule has 4 heteroatoms. The number of hydrogen-bond acceptors (Lipinski definition) is 2. The van der Waals surface area contributed by atoms with Crippen LogP contribution in [0.15, 0.2) is 0 Å². The van der Waals surface area contributed by atoms with Gasteiger partial charge in [-0.25, -0.2) is 4.79 Å². The van der Waals surface area contributed by atoms with Gasteiger partial charge in [-0.05, 0) is 6.42 Å². The third-order valence-corrected chi connectivity index (χ3v) is 1.06. The second kappa shape index (κ2) is 4.14. The predicted octanol–water partition coefficient (Wildman–Crippen LogP) is -0.608. The molecule has 0 bridgehead atoms. The molecule has 5 N–H and O–H groups in total. The number of urea groups is 1. The SMILES string of the molecule is CCC(N)CNC(N)=O. The molecule has 2 amide bonds. The van der Waals surface area contributed by atoms with E-state index in [0.29, 0.717) is 6.54 Å². The van der Waals surface area contributed by atoms with E-state index in [9.17, 15) is 4.79 Å². The minimum atomic E-state index is -0.515. The van der Waals surface area contributed by atoms with Crippen LogP contribution in [0.2, 0.25) is 0 Å². The molecule has 54 valence electrons. The lowest BCUT2D eigenvalue weighted by Crippen LogP contribution is -2.39. The van der Waals surface area contributed by atoms with Gasteiger partial charge in [-0.1, -0.05) is 6.92 Å². The average molecular weight is 131 g/mol. The number of nitrogens with one attached hydrogen (secondary N) is 1. The summed E-state index contributed by atoms with van der Waals surface area (Å²) in [6.45, 7) is 2.42. The van der Waals surface area contributed by atoms with E-state index >= 15 is 0 Å². The van der Waals surface area contributed by atoms with Crippen LogP contribution in [0.3, 0.4) is 0 Å². The van der Waals surface area contributed by atoms with Crippen LogP contribution in [0.25, 0.3) is 0 Å². The van der Waals surface area contributed by atoms with Gasteiger partial charge in [0.1, 0.15) is 0 Å². The first kappa shape index (κ1) is 8.23. The van der Waals surface area contributed by atoms with Crippen molar-refractivity contribution in [3.05, 3.63) is 0 Å². The predicted molar refractivity (Wildman–Crippen MR) is 35.9 cm³/mol. The van der Waals surface area contributed by atoms with Crippen molar-refractivity contribution in [3.8, 4) is 0 Å². The van der Waals surface area contributed by atoms with Crippen molar-refractivity contribution in [1.82, 2.24) is 5.32 Å². The maximum Gasteiger partial charge on any atom is 0.312 e. The Kier molecular flexibility index (Phi) is 3.79. The highest BCUT2D eigenvalue weighted by Crippen LogP contribution is 1.80. The van der Waals surface area contributed by atoms with Crippen molar-refractivity contribution >= 4 is 6.03 Å². The van der Waals surface area contributed by atoms with Gasteiger partial charge in [-0.2, -0.15) is 0 Å². The highest BCUT2D eigenvalue weighted by Gasteiger charge is 1.97. The molecular formula is C5H13N3O. The number of carbonyl (C=O) groups is 1. The maximum absolute atomic E-state index is 10.1. The normalized spacial score (nSPS) is 12.7. The molecule has 9 heavy (non-hydrogen) atoms. The zero-order chi connectivity index (χ0) is 7.28. The molecule has 0 aliphatic heterocycles. The van der Waals surface area contributed by atoms with Crippen molar-refractivity contribution in [3.63, 3.8) is 0 Å². The molecule has 1 unspecified atom stereocenters. The lowest BCUT2D eigenvalue weighted by atomic mass is 10.2. The Morgan fingerprint density at radius 1 is 1.78 bits per heavy atom. The maximum atomic E-state index is 10.1. The quantitative estimate of drug-likeness (QED) is 0.477. The lowest BCUT2D eigenvalue weighted by Gasteiger charge is -2.06. The molecule has 0 aliphatic carbocycles. The standard InChI is InChI=1S/C5H13N3O/c1-2-4(6)3-8-5(7)9/h4H,2-3,6H2,1H3,(H3,7,8,9). The van der Waals surface area contributed by atoms with Gasteiger partial charge in [0.25, 0.3) is 0 Å². The minimum Gasteiger partial charge on any atom is -0.352 e. The molecule has 0 saturated carbocycles. The van der Waals surface area contributed by atoms with Gasteiger partial charge < -0.3 is 16.8 Å². The van der Waals surface area contributed by atoms with E-state index in [2.05, 4.69) is 5.32 Å². The molecule has 0 aromatic rings. The fraction of sp³-hybridized carbons (Fsp3) is 0.800. The summed E-state index contributed by atoms with van der Waals surface area (Å²) >= 11 is 0. The Hall–Kier alpha value is -0.770. The molecule has 0 spiro atoms. The Morgan fingerprint density at radius 3 is 2.67 bits per heavy atom. The van der Waals surface area contributed by atoms with Crippen LogP contribution in [0.1, 0.15) is 13.3 Å². The van der Waals surface area contributed by atoms with Gasteiger partial charge in [0.15, 0.2) is 0 Å². The van der Waals surface area contributed by atoms with Crippen molar-refractivity contribution in [2.75, 3.05) is 6.54 Å². The van der Waals surface area contributed by atoms with Gasteiger partial charge in [0.2, 0.25) is 0 Å². The molecule has 0 aromatic carbocycles. The third-order valence-electron chi connectivity index (χ3n) is 1.06. The number of primary amides is 1. The van der Waals surface area contributed by atoms with Crippen molar-refractivity contribution in [2.45, 2.75) is 19.4 Å². The molecule has 0 saturated heterocycles. The van der Waals surface area contributed by atoms with Crippen LogP contribution < -0.4 is 16.8 Å². The largest absolute Gasteiger partial charge is 0.352 e. The average Bonchev–Trinajstić information content (AvgIpc) is 1.83. The second-order valence-corrected chi connectivity index (χ2v) is 1.91. The van der Waals surface area contributed by atoms with Gasteiger partial charge in [-0.3, -0.25) is 0 Å². The summed E-state index contributed by atoms with van der Waals surface area (Å²) in [7, 11) is 0. The lowest BCUT2D eigenvalue weighted by molar-refractivity contribution is 0.248. The van der Waals surface area contributed by atoms with Gasteiger partial charge in [0.05, 0.1) is 0 Å². The van der Waals surface area contributed by atoms with Crippen molar-refractivity contribution in [1.29, 1.82) is 0 Å². The Morgan fingerprint density at radius 2 is 2.33 bits per heavy atom. The number of amides is 2. The van der Waals surface area contributed by atoms with Crippen molar-refractivity contribution in [2.24, 2.45) is 11.5 Å². The Bertz CT molecular complexity index is 94.2. The Labute approximate surface area is 54.6 Å². The summed E-state index contributed by atoms with van der Waals surface area (Å²) in [6.07, 6.45) is 0.848. The zero-order valence-electron chi connectivity index (χ0n) is 5.55. The summed E-state index contributed by atoms with van der Waals surface area (Å²) in [5, 5.41) is 2.41. The highest BCUT2D eigenvalue weighted by molar-refractivity contribution is 5.71. The van der Waals surface area contributed by atoms with Crippen LogP contribution in [-0.2, 0) is 0 Å². The summed E-state index contributed by atoms with van der Waals surface area (Å²) in [5.74, 6) is 0. The fourth-order valence-electron chi connectivity index (χ4n) is 0.376. The van der Waals surface area contributed by atoms with E-state index in [0.717, 1.165) is 6.42 Å². The molecule has 0 heterocycles.